The number of hydrogen-bond acceptors (Lipinski definition) is 5. The van der Waals surface area contributed by atoms with E-state index in [-0.39, 0.29) is 22.6 Å². The quantitative estimate of drug-likeness (QED) is 0.625. The van der Waals surface area contributed by atoms with Gasteiger partial charge in [-0.1, -0.05) is 12.1 Å². The summed E-state index contributed by atoms with van der Waals surface area (Å²) in [7, 11) is 0. The van der Waals surface area contributed by atoms with E-state index in [0.717, 1.165) is 18.8 Å². The van der Waals surface area contributed by atoms with Crippen LogP contribution in [0.25, 0.3) is 0 Å². The number of carboxylic acid groups (broad SMARTS) is 1. The van der Waals surface area contributed by atoms with Gasteiger partial charge < -0.3 is 19.8 Å². The molecule has 0 aliphatic carbocycles. The van der Waals surface area contributed by atoms with E-state index in [1.165, 1.54) is 30.3 Å². The van der Waals surface area contributed by atoms with Gasteiger partial charge in [-0.05, 0) is 38.1 Å². The second kappa shape index (κ2) is 7.50. The van der Waals surface area contributed by atoms with Crippen molar-refractivity contribution in [3.05, 3.63) is 53.6 Å². The number of para-hydroxylation sites is 1. The number of ether oxygens (including phenoxy) is 1. The first kappa shape index (κ1) is 17.3. The first-order chi connectivity index (χ1) is 11.5. The number of hydrogen-bond donors (Lipinski definition) is 2. The van der Waals surface area contributed by atoms with Crippen LogP contribution in [0.1, 0.15) is 34.6 Å². The van der Waals surface area contributed by atoms with E-state index in [0.29, 0.717) is 0 Å². The van der Waals surface area contributed by atoms with E-state index < -0.39 is 11.9 Å². The Balaban J connectivity index is 2.26. The maximum atomic E-state index is 12.2. The molecule has 0 radical (unpaired) electrons. The SMILES string of the molecule is CCN(CC)c1ccc(C(=O)Oc2ccccc2C(=O)O)c(O)c1. The zero-order valence-electron chi connectivity index (χ0n) is 13.5. The number of phenolic OH excluding ortho intramolecular Hbond substituents is 1. The van der Waals surface area contributed by atoms with Crippen molar-refractivity contribution < 1.29 is 24.5 Å². The van der Waals surface area contributed by atoms with Crippen molar-refractivity contribution >= 4 is 17.6 Å². The number of carbonyl (C=O) groups excluding carboxylic acids is 1. The van der Waals surface area contributed by atoms with Crippen LogP contribution in [0.5, 0.6) is 11.5 Å². The van der Waals surface area contributed by atoms with Gasteiger partial charge >= 0.3 is 11.9 Å². The van der Waals surface area contributed by atoms with Crippen LogP contribution < -0.4 is 9.64 Å². The number of anilines is 1. The van der Waals surface area contributed by atoms with Gasteiger partial charge in [0.1, 0.15) is 22.6 Å². The number of esters is 1. The molecule has 6 heteroatoms. The Labute approximate surface area is 139 Å². The summed E-state index contributed by atoms with van der Waals surface area (Å²) in [6.45, 7) is 5.52. The topological polar surface area (TPSA) is 87.1 Å². The lowest BCUT2D eigenvalue weighted by Gasteiger charge is -2.21. The van der Waals surface area contributed by atoms with Gasteiger partial charge in [-0.3, -0.25) is 0 Å². The highest BCUT2D eigenvalue weighted by Crippen LogP contribution is 2.27. The Kier molecular flexibility index (Phi) is 5.42. The van der Waals surface area contributed by atoms with Crippen LogP contribution >= 0.6 is 0 Å². The predicted molar refractivity (Wildman–Crippen MR) is 90.0 cm³/mol. The van der Waals surface area contributed by atoms with Gasteiger partial charge in [-0.25, -0.2) is 9.59 Å². The Morgan fingerprint density at radius 1 is 1.04 bits per heavy atom. The molecule has 6 nitrogen and oxygen atoms in total. The lowest BCUT2D eigenvalue weighted by Crippen LogP contribution is -2.21. The molecule has 0 saturated heterocycles. The number of carboxylic acids is 1. The van der Waals surface area contributed by atoms with Gasteiger partial charge in [-0.2, -0.15) is 0 Å². The molecule has 0 saturated carbocycles. The van der Waals surface area contributed by atoms with Crippen LogP contribution in [-0.4, -0.2) is 35.2 Å². The summed E-state index contributed by atoms with van der Waals surface area (Å²) in [5, 5.41) is 19.2. The summed E-state index contributed by atoms with van der Waals surface area (Å²) >= 11 is 0. The standard InChI is InChI=1S/C18H19NO5/c1-3-19(4-2)12-9-10-13(15(20)11-12)18(23)24-16-8-6-5-7-14(16)17(21)22/h5-11,20H,3-4H2,1-2H3,(H,21,22). The third-order valence-electron chi connectivity index (χ3n) is 3.65. The Morgan fingerprint density at radius 2 is 1.71 bits per heavy atom. The first-order valence-electron chi connectivity index (χ1n) is 7.60. The molecule has 2 aromatic rings. The van der Waals surface area contributed by atoms with Gasteiger partial charge in [0, 0.05) is 24.8 Å². The Morgan fingerprint density at radius 3 is 2.29 bits per heavy atom. The minimum absolute atomic E-state index is 0.0221. The van der Waals surface area contributed by atoms with Crippen molar-refractivity contribution in [3.8, 4) is 11.5 Å². The molecule has 2 N–H and O–H groups in total. The molecule has 126 valence electrons. The van der Waals surface area contributed by atoms with Crippen molar-refractivity contribution in [1.82, 2.24) is 0 Å². The molecular formula is C18H19NO5. The number of phenols is 1. The third-order valence-corrected chi connectivity index (χ3v) is 3.65. The van der Waals surface area contributed by atoms with E-state index in [1.54, 1.807) is 12.1 Å². The number of nitrogens with zero attached hydrogens (tertiary/aromatic N) is 1. The molecule has 0 atom stereocenters. The van der Waals surface area contributed by atoms with Crippen molar-refractivity contribution in [2.75, 3.05) is 18.0 Å². The van der Waals surface area contributed by atoms with Gasteiger partial charge in [0.05, 0.1) is 0 Å². The normalized spacial score (nSPS) is 10.2. The molecule has 2 aromatic carbocycles. The molecule has 0 aromatic heterocycles. The fourth-order valence-corrected chi connectivity index (χ4v) is 2.37. The molecule has 0 bridgehead atoms. The van der Waals surface area contributed by atoms with Gasteiger partial charge in [0.25, 0.3) is 0 Å². The molecule has 0 fully saturated rings. The van der Waals surface area contributed by atoms with E-state index in [4.69, 9.17) is 9.84 Å². The summed E-state index contributed by atoms with van der Waals surface area (Å²) < 4.78 is 5.13. The van der Waals surface area contributed by atoms with Crippen LogP contribution in [0.4, 0.5) is 5.69 Å². The largest absolute Gasteiger partial charge is 0.507 e. The van der Waals surface area contributed by atoms with Crippen molar-refractivity contribution in [3.63, 3.8) is 0 Å². The molecular weight excluding hydrogens is 310 g/mol. The average Bonchev–Trinajstić information content (AvgIpc) is 2.56. The summed E-state index contributed by atoms with van der Waals surface area (Å²) in [6.07, 6.45) is 0. The Bertz CT molecular complexity index is 753. The number of benzene rings is 2. The van der Waals surface area contributed by atoms with Crippen molar-refractivity contribution in [2.45, 2.75) is 13.8 Å². The molecule has 0 amide bonds. The van der Waals surface area contributed by atoms with Gasteiger partial charge in [0.2, 0.25) is 0 Å². The third kappa shape index (κ3) is 3.65. The second-order valence-electron chi connectivity index (χ2n) is 5.06. The summed E-state index contributed by atoms with van der Waals surface area (Å²) in [5.74, 6) is -2.29. The highest BCUT2D eigenvalue weighted by atomic mass is 16.5. The van der Waals surface area contributed by atoms with Crippen LogP contribution in [0.2, 0.25) is 0 Å². The smallest absolute Gasteiger partial charge is 0.347 e. The molecule has 0 heterocycles. The summed E-state index contributed by atoms with van der Waals surface area (Å²) in [6, 6.07) is 10.5. The number of aromatic carboxylic acids is 1. The molecule has 2 rings (SSSR count). The summed E-state index contributed by atoms with van der Waals surface area (Å²) in [4.78, 5) is 25.4. The van der Waals surface area contributed by atoms with E-state index in [2.05, 4.69) is 0 Å². The highest BCUT2D eigenvalue weighted by Gasteiger charge is 2.18. The fourth-order valence-electron chi connectivity index (χ4n) is 2.37. The zero-order chi connectivity index (χ0) is 17.7. The maximum absolute atomic E-state index is 12.2. The molecule has 0 unspecified atom stereocenters. The number of aromatic hydroxyl groups is 1. The van der Waals surface area contributed by atoms with Crippen LogP contribution in [0, 0.1) is 0 Å². The van der Waals surface area contributed by atoms with Crippen molar-refractivity contribution in [2.24, 2.45) is 0 Å². The van der Waals surface area contributed by atoms with Crippen molar-refractivity contribution in [1.29, 1.82) is 0 Å². The van der Waals surface area contributed by atoms with Crippen LogP contribution in [0.3, 0.4) is 0 Å². The van der Waals surface area contributed by atoms with Gasteiger partial charge in [0.15, 0.2) is 0 Å². The highest BCUT2D eigenvalue weighted by molar-refractivity contribution is 5.97. The fraction of sp³-hybridized carbons (Fsp3) is 0.222. The molecule has 0 aliphatic rings. The van der Waals surface area contributed by atoms with E-state index in [9.17, 15) is 14.7 Å². The lowest BCUT2D eigenvalue weighted by molar-refractivity contribution is 0.0681. The minimum Gasteiger partial charge on any atom is -0.507 e. The van der Waals surface area contributed by atoms with E-state index in [1.807, 2.05) is 18.7 Å². The van der Waals surface area contributed by atoms with Gasteiger partial charge in [-0.15, -0.1) is 0 Å². The molecule has 0 spiro atoms. The summed E-state index contributed by atoms with van der Waals surface area (Å²) in [5.41, 5.74) is 0.649. The average molecular weight is 329 g/mol. The lowest BCUT2D eigenvalue weighted by atomic mass is 10.1. The van der Waals surface area contributed by atoms with Crippen LogP contribution in [0.15, 0.2) is 42.5 Å². The first-order valence-corrected chi connectivity index (χ1v) is 7.60. The number of carbonyl (C=O) groups is 2. The van der Waals surface area contributed by atoms with Crippen LogP contribution in [-0.2, 0) is 0 Å². The minimum atomic E-state index is -1.19. The monoisotopic (exact) mass is 329 g/mol. The molecule has 0 aliphatic heterocycles. The second-order valence-corrected chi connectivity index (χ2v) is 5.06. The predicted octanol–water partition coefficient (Wildman–Crippen LogP) is 3.16. The van der Waals surface area contributed by atoms with E-state index >= 15 is 0 Å². The molecule has 24 heavy (non-hydrogen) atoms. The Hall–Kier alpha value is -3.02. The number of rotatable bonds is 6. The maximum Gasteiger partial charge on any atom is 0.347 e. The zero-order valence-corrected chi connectivity index (χ0v) is 13.5.